The van der Waals surface area contributed by atoms with Crippen LogP contribution in [0.1, 0.15) is 40.5 Å². The molecule has 80 valence electrons. The molecule has 2 heteroatoms. The monoisotopic (exact) mass is 196 g/mol. The van der Waals surface area contributed by atoms with Gasteiger partial charge in [0.1, 0.15) is 0 Å². The van der Waals surface area contributed by atoms with E-state index in [0.29, 0.717) is 5.92 Å². The van der Waals surface area contributed by atoms with E-state index in [0.717, 1.165) is 12.8 Å². The van der Waals surface area contributed by atoms with Crippen LogP contribution < -0.4 is 0 Å². The van der Waals surface area contributed by atoms with Crippen molar-refractivity contribution in [2.75, 3.05) is 0 Å². The Morgan fingerprint density at radius 2 is 2.07 bits per heavy atom. The van der Waals surface area contributed by atoms with E-state index in [9.17, 15) is 9.90 Å². The summed E-state index contributed by atoms with van der Waals surface area (Å²) >= 11 is 0. The Bertz CT molecular complexity index is 265. The minimum atomic E-state index is -0.679. The van der Waals surface area contributed by atoms with Crippen molar-refractivity contribution in [2.45, 2.75) is 40.5 Å². The highest BCUT2D eigenvalue weighted by atomic mass is 16.4. The normalized spacial score (nSPS) is 31.7. The van der Waals surface area contributed by atoms with Gasteiger partial charge in [-0.2, -0.15) is 0 Å². The van der Waals surface area contributed by atoms with E-state index in [1.807, 2.05) is 26.0 Å². The standard InChI is InChI=1S/C12H20O2/c1-5-9(2)6-7-12(10(13)14)8-11(12,3)4/h6-7,9H,5,8H2,1-4H3,(H,13,14)/b7-6+. The van der Waals surface area contributed by atoms with Gasteiger partial charge in [0.2, 0.25) is 0 Å². The summed E-state index contributed by atoms with van der Waals surface area (Å²) in [5.41, 5.74) is -0.654. The molecular weight excluding hydrogens is 176 g/mol. The summed E-state index contributed by atoms with van der Waals surface area (Å²) in [6.07, 6.45) is 5.78. The molecule has 0 bridgehead atoms. The predicted molar refractivity (Wildman–Crippen MR) is 57.1 cm³/mol. The van der Waals surface area contributed by atoms with Gasteiger partial charge in [0, 0.05) is 0 Å². The third kappa shape index (κ3) is 1.70. The van der Waals surface area contributed by atoms with Crippen LogP contribution in [0, 0.1) is 16.7 Å². The van der Waals surface area contributed by atoms with Gasteiger partial charge >= 0.3 is 5.97 Å². The van der Waals surface area contributed by atoms with Gasteiger partial charge in [-0.3, -0.25) is 4.79 Å². The number of allylic oxidation sites excluding steroid dienone is 1. The van der Waals surface area contributed by atoms with E-state index >= 15 is 0 Å². The molecule has 1 aliphatic carbocycles. The fourth-order valence-corrected chi connectivity index (χ4v) is 1.84. The van der Waals surface area contributed by atoms with Gasteiger partial charge in [-0.25, -0.2) is 0 Å². The van der Waals surface area contributed by atoms with Gasteiger partial charge in [0.15, 0.2) is 0 Å². The lowest BCUT2D eigenvalue weighted by Crippen LogP contribution is -2.18. The van der Waals surface area contributed by atoms with Crippen LogP contribution >= 0.6 is 0 Å². The molecule has 0 aromatic rings. The molecule has 0 aliphatic heterocycles. The van der Waals surface area contributed by atoms with E-state index < -0.39 is 11.4 Å². The summed E-state index contributed by atoms with van der Waals surface area (Å²) in [5.74, 6) is -0.204. The molecule has 1 aliphatic rings. The fraction of sp³-hybridized carbons (Fsp3) is 0.750. The lowest BCUT2D eigenvalue weighted by Gasteiger charge is -2.11. The SMILES string of the molecule is CCC(C)/C=C/C1(C(=O)O)CC1(C)C. The van der Waals surface area contributed by atoms with E-state index in [1.165, 1.54) is 0 Å². The highest BCUT2D eigenvalue weighted by molar-refractivity contribution is 5.82. The summed E-state index contributed by atoms with van der Waals surface area (Å²) in [5, 5.41) is 9.17. The molecule has 2 atom stereocenters. The summed E-state index contributed by atoms with van der Waals surface area (Å²) in [4.78, 5) is 11.1. The van der Waals surface area contributed by atoms with E-state index in [1.54, 1.807) is 0 Å². The predicted octanol–water partition coefficient (Wildman–Crippen LogP) is 3.09. The molecule has 2 unspecified atom stereocenters. The van der Waals surface area contributed by atoms with Gasteiger partial charge in [-0.05, 0) is 17.8 Å². The summed E-state index contributed by atoms with van der Waals surface area (Å²) in [6.45, 7) is 8.26. The molecule has 0 radical (unpaired) electrons. The highest BCUT2D eigenvalue weighted by Gasteiger charge is 2.65. The second kappa shape index (κ2) is 3.41. The zero-order valence-electron chi connectivity index (χ0n) is 9.50. The van der Waals surface area contributed by atoms with Crippen molar-refractivity contribution in [1.29, 1.82) is 0 Å². The minimum absolute atomic E-state index is 0.0667. The Balaban J connectivity index is 2.75. The van der Waals surface area contributed by atoms with E-state index in [-0.39, 0.29) is 5.41 Å². The average Bonchev–Trinajstić information content (AvgIpc) is 2.66. The average molecular weight is 196 g/mol. The summed E-state index contributed by atoms with van der Waals surface area (Å²) in [7, 11) is 0. The molecule has 14 heavy (non-hydrogen) atoms. The Morgan fingerprint density at radius 1 is 1.57 bits per heavy atom. The number of carboxylic acid groups (broad SMARTS) is 1. The van der Waals surface area contributed by atoms with Crippen molar-refractivity contribution < 1.29 is 9.90 Å². The van der Waals surface area contributed by atoms with Crippen molar-refractivity contribution >= 4 is 5.97 Å². The van der Waals surface area contributed by atoms with Gasteiger partial charge in [0.25, 0.3) is 0 Å². The van der Waals surface area contributed by atoms with Crippen molar-refractivity contribution in [3.05, 3.63) is 12.2 Å². The first-order chi connectivity index (χ1) is 6.35. The second-order valence-corrected chi connectivity index (χ2v) is 5.08. The molecule has 0 saturated heterocycles. The maximum absolute atomic E-state index is 11.1. The number of hydrogen-bond acceptors (Lipinski definition) is 1. The smallest absolute Gasteiger partial charge is 0.314 e. The van der Waals surface area contributed by atoms with Crippen molar-refractivity contribution in [1.82, 2.24) is 0 Å². The summed E-state index contributed by atoms with van der Waals surface area (Å²) in [6, 6.07) is 0. The molecule has 1 N–H and O–H groups in total. The van der Waals surface area contributed by atoms with Crippen LogP contribution in [-0.2, 0) is 4.79 Å². The van der Waals surface area contributed by atoms with Gasteiger partial charge < -0.3 is 5.11 Å². The Hall–Kier alpha value is -0.790. The molecule has 0 amide bonds. The van der Waals surface area contributed by atoms with Crippen LogP contribution in [0.25, 0.3) is 0 Å². The minimum Gasteiger partial charge on any atom is -0.481 e. The van der Waals surface area contributed by atoms with E-state index in [2.05, 4.69) is 13.8 Å². The quantitative estimate of drug-likeness (QED) is 0.701. The molecule has 0 spiro atoms. The van der Waals surface area contributed by atoms with Gasteiger partial charge in [-0.15, -0.1) is 0 Å². The first-order valence-electron chi connectivity index (χ1n) is 5.28. The van der Waals surface area contributed by atoms with Gasteiger partial charge in [0.05, 0.1) is 5.41 Å². The Morgan fingerprint density at radius 3 is 2.36 bits per heavy atom. The first-order valence-corrected chi connectivity index (χ1v) is 5.28. The fourth-order valence-electron chi connectivity index (χ4n) is 1.84. The van der Waals surface area contributed by atoms with Crippen LogP contribution in [0.4, 0.5) is 0 Å². The molecular formula is C12H20O2. The zero-order valence-corrected chi connectivity index (χ0v) is 9.50. The second-order valence-electron chi connectivity index (χ2n) is 5.08. The Labute approximate surface area is 86.0 Å². The van der Waals surface area contributed by atoms with Crippen molar-refractivity contribution in [3.63, 3.8) is 0 Å². The number of rotatable bonds is 4. The molecule has 0 aromatic heterocycles. The topological polar surface area (TPSA) is 37.3 Å². The van der Waals surface area contributed by atoms with Crippen LogP contribution in [0.15, 0.2) is 12.2 Å². The van der Waals surface area contributed by atoms with Crippen LogP contribution in [-0.4, -0.2) is 11.1 Å². The highest BCUT2D eigenvalue weighted by Crippen LogP contribution is 2.64. The zero-order chi connectivity index (χ0) is 11.0. The van der Waals surface area contributed by atoms with Crippen molar-refractivity contribution in [2.24, 2.45) is 16.7 Å². The first kappa shape index (κ1) is 11.3. The third-order valence-electron chi connectivity index (χ3n) is 3.54. The number of carboxylic acids is 1. The lowest BCUT2D eigenvalue weighted by atomic mass is 9.93. The maximum atomic E-state index is 11.1. The molecule has 1 rings (SSSR count). The van der Waals surface area contributed by atoms with Crippen LogP contribution in [0.3, 0.4) is 0 Å². The molecule has 1 fully saturated rings. The number of hydrogen-bond donors (Lipinski definition) is 1. The molecule has 0 aromatic carbocycles. The van der Waals surface area contributed by atoms with E-state index in [4.69, 9.17) is 0 Å². The largest absolute Gasteiger partial charge is 0.481 e. The van der Waals surface area contributed by atoms with Gasteiger partial charge in [-0.1, -0.05) is 46.3 Å². The maximum Gasteiger partial charge on any atom is 0.314 e. The molecule has 2 nitrogen and oxygen atoms in total. The third-order valence-corrected chi connectivity index (χ3v) is 3.54. The Kier molecular flexibility index (Phi) is 2.75. The lowest BCUT2D eigenvalue weighted by molar-refractivity contribution is -0.142. The molecule has 1 saturated carbocycles. The summed E-state index contributed by atoms with van der Waals surface area (Å²) < 4.78 is 0. The van der Waals surface area contributed by atoms with Crippen LogP contribution in [0.2, 0.25) is 0 Å². The molecule has 0 heterocycles. The number of aliphatic carboxylic acids is 1. The van der Waals surface area contributed by atoms with Crippen molar-refractivity contribution in [3.8, 4) is 0 Å². The number of carbonyl (C=O) groups is 1. The van der Waals surface area contributed by atoms with Crippen LogP contribution in [0.5, 0.6) is 0 Å².